The molecule has 0 heterocycles. The molecule has 4 aliphatic rings. The molecule has 0 aromatic rings. The van der Waals surface area contributed by atoms with Gasteiger partial charge in [0.1, 0.15) is 6.61 Å². The van der Waals surface area contributed by atoms with Crippen LogP contribution < -0.4 is 0 Å². The van der Waals surface area contributed by atoms with E-state index in [1.54, 1.807) is 26.8 Å². The maximum Gasteiger partial charge on any atom is 0.307 e. The molecule has 8 nitrogen and oxygen atoms in total. The SMILES string of the molecule is COC(=O)CCC(=O)O[C@]1(C(=O)CO)C(C)C[C@H]2[C@@H]3CC(C)C4=CC(=O)C=C[C@]4(C)[C@@]3(F)C(O)C[C@@]21C. The molecule has 3 saturated carbocycles. The summed E-state index contributed by atoms with van der Waals surface area (Å²) in [7, 11) is 1.20. The first-order chi connectivity index (χ1) is 17.2. The van der Waals surface area contributed by atoms with Gasteiger partial charge < -0.3 is 19.7 Å². The number of allylic oxidation sites excluding steroid dienone is 4. The van der Waals surface area contributed by atoms with Gasteiger partial charge in [-0.15, -0.1) is 0 Å². The summed E-state index contributed by atoms with van der Waals surface area (Å²) in [5.41, 5.74) is -5.63. The van der Waals surface area contributed by atoms with Crippen molar-refractivity contribution in [3.05, 3.63) is 23.8 Å². The molecule has 9 atom stereocenters. The number of ketones is 2. The van der Waals surface area contributed by atoms with Crippen molar-refractivity contribution < 1.29 is 43.3 Å². The van der Waals surface area contributed by atoms with Crippen LogP contribution in [0.15, 0.2) is 23.8 Å². The summed E-state index contributed by atoms with van der Waals surface area (Å²) >= 11 is 0. The summed E-state index contributed by atoms with van der Waals surface area (Å²) in [4.78, 5) is 50.0. The van der Waals surface area contributed by atoms with Gasteiger partial charge in [0.2, 0.25) is 5.78 Å². The number of esters is 2. The fourth-order valence-corrected chi connectivity index (χ4v) is 8.44. The van der Waals surface area contributed by atoms with Crippen LogP contribution in [-0.4, -0.2) is 64.8 Å². The minimum Gasteiger partial charge on any atom is -0.469 e. The number of carbonyl (C=O) groups is 4. The smallest absolute Gasteiger partial charge is 0.307 e. The second-order valence-electron chi connectivity index (χ2n) is 11.8. The van der Waals surface area contributed by atoms with Crippen LogP contribution in [-0.2, 0) is 28.7 Å². The molecule has 0 amide bonds. The monoisotopic (exact) mass is 520 g/mol. The zero-order valence-corrected chi connectivity index (χ0v) is 22.1. The van der Waals surface area contributed by atoms with E-state index >= 15 is 4.39 Å². The number of hydrogen-bond donors (Lipinski definition) is 2. The van der Waals surface area contributed by atoms with Gasteiger partial charge in [-0.3, -0.25) is 19.2 Å². The van der Waals surface area contributed by atoms with Gasteiger partial charge in [0.15, 0.2) is 17.1 Å². The highest BCUT2D eigenvalue weighted by Gasteiger charge is 2.77. The molecule has 3 unspecified atom stereocenters. The largest absolute Gasteiger partial charge is 0.469 e. The molecule has 37 heavy (non-hydrogen) atoms. The van der Waals surface area contributed by atoms with E-state index in [2.05, 4.69) is 4.74 Å². The first-order valence-corrected chi connectivity index (χ1v) is 13.0. The van der Waals surface area contributed by atoms with Gasteiger partial charge in [-0.1, -0.05) is 32.4 Å². The fraction of sp³-hybridized carbons (Fsp3) is 0.714. The van der Waals surface area contributed by atoms with Gasteiger partial charge in [-0.25, -0.2) is 4.39 Å². The Balaban J connectivity index is 1.78. The highest BCUT2D eigenvalue weighted by Crippen LogP contribution is 2.72. The molecular formula is C28H37FO8. The average molecular weight is 521 g/mol. The molecule has 0 saturated heterocycles. The normalized spacial score (nSPS) is 44.3. The number of alkyl halides is 1. The van der Waals surface area contributed by atoms with Crippen molar-refractivity contribution in [3.63, 3.8) is 0 Å². The number of Topliss-reactive ketones (excluding diaryl/α,β-unsaturated/α-hetero) is 1. The Morgan fingerprint density at radius 3 is 2.38 bits per heavy atom. The van der Waals surface area contributed by atoms with E-state index in [4.69, 9.17) is 4.74 Å². The Labute approximate surface area is 216 Å². The van der Waals surface area contributed by atoms with E-state index in [9.17, 15) is 29.4 Å². The van der Waals surface area contributed by atoms with Crippen molar-refractivity contribution in [2.75, 3.05) is 13.7 Å². The zero-order chi connectivity index (χ0) is 27.6. The van der Waals surface area contributed by atoms with Crippen LogP contribution in [0.4, 0.5) is 4.39 Å². The van der Waals surface area contributed by atoms with Gasteiger partial charge in [0, 0.05) is 22.7 Å². The molecule has 0 spiro atoms. The maximum atomic E-state index is 17.5. The second kappa shape index (κ2) is 9.12. The number of halogens is 1. The average Bonchev–Trinajstić information content (AvgIpc) is 3.07. The van der Waals surface area contributed by atoms with E-state index in [0.717, 1.165) is 0 Å². The quantitative estimate of drug-likeness (QED) is 0.512. The Hall–Kier alpha value is -2.39. The lowest BCUT2D eigenvalue weighted by molar-refractivity contribution is -0.231. The highest BCUT2D eigenvalue weighted by atomic mass is 19.1. The predicted molar refractivity (Wildman–Crippen MR) is 130 cm³/mol. The number of methoxy groups -OCH3 is 1. The van der Waals surface area contributed by atoms with E-state index in [1.807, 2.05) is 6.92 Å². The Morgan fingerprint density at radius 2 is 1.76 bits per heavy atom. The van der Waals surface area contributed by atoms with Gasteiger partial charge in [0.05, 0.1) is 26.1 Å². The number of aliphatic hydroxyl groups is 2. The maximum absolute atomic E-state index is 17.5. The molecule has 9 heteroatoms. The Kier molecular flexibility index (Phi) is 6.81. The highest BCUT2D eigenvalue weighted by molar-refractivity contribution is 6.01. The van der Waals surface area contributed by atoms with E-state index in [-0.39, 0.29) is 31.0 Å². The molecule has 4 aliphatic carbocycles. The van der Waals surface area contributed by atoms with E-state index < -0.39 is 70.3 Å². The van der Waals surface area contributed by atoms with Crippen molar-refractivity contribution >= 4 is 23.5 Å². The summed E-state index contributed by atoms with van der Waals surface area (Å²) in [6.07, 6.45) is 2.83. The lowest BCUT2D eigenvalue weighted by Gasteiger charge is -2.63. The van der Waals surface area contributed by atoms with Crippen molar-refractivity contribution in [2.24, 2.45) is 34.5 Å². The summed E-state index contributed by atoms with van der Waals surface area (Å²) in [6, 6.07) is 0. The number of aliphatic hydroxyl groups excluding tert-OH is 2. The van der Waals surface area contributed by atoms with Crippen LogP contribution in [0.1, 0.15) is 59.8 Å². The van der Waals surface area contributed by atoms with E-state index in [1.165, 1.54) is 19.3 Å². The molecule has 204 valence electrons. The summed E-state index contributed by atoms with van der Waals surface area (Å²) in [5, 5.41) is 21.5. The predicted octanol–water partition coefficient (Wildman–Crippen LogP) is 2.65. The number of fused-ring (bicyclic) bond motifs is 5. The lowest BCUT2D eigenvalue weighted by Crippen LogP contribution is -2.70. The third-order valence-electron chi connectivity index (χ3n) is 10.1. The van der Waals surface area contributed by atoms with E-state index in [0.29, 0.717) is 18.4 Å². The molecule has 4 rings (SSSR count). The van der Waals surface area contributed by atoms with Crippen LogP contribution in [0.25, 0.3) is 0 Å². The number of carbonyl (C=O) groups excluding carboxylic acids is 4. The van der Waals surface area contributed by atoms with Crippen molar-refractivity contribution in [1.29, 1.82) is 0 Å². The fourth-order valence-electron chi connectivity index (χ4n) is 8.44. The van der Waals surface area contributed by atoms with Gasteiger partial charge in [-0.05, 0) is 50.2 Å². The van der Waals surface area contributed by atoms with Gasteiger partial charge in [-0.2, -0.15) is 0 Å². The topological polar surface area (TPSA) is 127 Å². The molecule has 0 bridgehead atoms. The van der Waals surface area contributed by atoms with Crippen molar-refractivity contribution in [1.82, 2.24) is 0 Å². The molecule has 0 aliphatic heterocycles. The first kappa shape index (κ1) is 27.6. The third kappa shape index (κ3) is 3.60. The molecule has 0 aromatic carbocycles. The third-order valence-corrected chi connectivity index (χ3v) is 10.1. The van der Waals surface area contributed by atoms with Crippen LogP contribution in [0.3, 0.4) is 0 Å². The van der Waals surface area contributed by atoms with Crippen molar-refractivity contribution in [3.8, 4) is 0 Å². The molecule has 2 N–H and O–H groups in total. The second-order valence-corrected chi connectivity index (χ2v) is 11.8. The minimum atomic E-state index is -2.11. The summed E-state index contributed by atoms with van der Waals surface area (Å²) < 4.78 is 28.0. The van der Waals surface area contributed by atoms with Gasteiger partial charge >= 0.3 is 11.9 Å². The van der Waals surface area contributed by atoms with Crippen LogP contribution in [0.2, 0.25) is 0 Å². The molecular weight excluding hydrogens is 483 g/mol. The molecule has 0 radical (unpaired) electrons. The van der Waals surface area contributed by atoms with Crippen LogP contribution >= 0.6 is 0 Å². The zero-order valence-electron chi connectivity index (χ0n) is 22.1. The number of ether oxygens (including phenoxy) is 2. The molecule has 0 aromatic heterocycles. The number of hydrogen-bond acceptors (Lipinski definition) is 8. The summed E-state index contributed by atoms with van der Waals surface area (Å²) in [6.45, 7) is 6.25. The minimum absolute atomic E-state index is 0.149. The summed E-state index contributed by atoms with van der Waals surface area (Å²) in [5.74, 6) is -4.18. The first-order valence-electron chi connectivity index (χ1n) is 13.0. The lowest BCUT2D eigenvalue weighted by atomic mass is 9.43. The van der Waals surface area contributed by atoms with Crippen molar-refractivity contribution in [2.45, 2.75) is 77.2 Å². The van der Waals surface area contributed by atoms with Crippen LogP contribution in [0, 0.1) is 34.5 Å². The standard InChI is InChI=1S/C28H37FO8/c1-15-10-20-19-11-16(2)28(22(33)14-30,37-24(35)7-6-23(34)36-5)26(19,4)13-21(32)27(20,29)25(3)9-8-17(31)12-18(15)25/h8-9,12,15-16,19-21,30,32H,6-7,10-11,13-14H2,1-5H3/t15?,16?,19-,20-,21?,25-,26-,27-,28-/m0/s1. The number of rotatable bonds is 6. The molecule has 3 fully saturated rings. The Bertz CT molecular complexity index is 1080. The Morgan fingerprint density at radius 1 is 1.11 bits per heavy atom. The van der Waals surface area contributed by atoms with Crippen LogP contribution in [0.5, 0.6) is 0 Å². The van der Waals surface area contributed by atoms with Gasteiger partial charge in [0.25, 0.3) is 0 Å².